The molecule has 0 saturated heterocycles. The minimum Gasteiger partial charge on any atom is -0.385 e. The summed E-state index contributed by atoms with van der Waals surface area (Å²) in [5, 5.41) is 10.0. The molecule has 1 aromatic carbocycles. The molecule has 1 aromatic rings. The van der Waals surface area contributed by atoms with Crippen molar-refractivity contribution >= 4 is 0 Å². The zero-order valence-corrected chi connectivity index (χ0v) is 8.67. The van der Waals surface area contributed by atoms with E-state index in [-0.39, 0.29) is 0 Å². The quantitative estimate of drug-likeness (QED) is 0.754. The average Bonchev–Trinajstić information content (AvgIpc) is 2.18. The van der Waals surface area contributed by atoms with Gasteiger partial charge in [-0.25, -0.2) is 0 Å². The molecule has 0 amide bonds. The van der Waals surface area contributed by atoms with E-state index in [4.69, 9.17) is 0 Å². The third kappa shape index (κ3) is 2.31. The van der Waals surface area contributed by atoms with E-state index in [1.807, 2.05) is 26.0 Å². The fraction of sp³-hybridized carbons (Fsp3) is 0.500. The zero-order chi connectivity index (χ0) is 9.90. The van der Waals surface area contributed by atoms with Gasteiger partial charge in [0.25, 0.3) is 0 Å². The van der Waals surface area contributed by atoms with Gasteiger partial charge in [0.1, 0.15) is 0 Å². The van der Waals surface area contributed by atoms with Crippen molar-refractivity contribution < 1.29 is 5.11 Å². The van der Waals surface area contributed by atoms with Crippen LogP contribution in [0.1, 0.15) is 38.3 Å². The van der Waals surface area contributed by atoms with Gasteiger partial charge >= 0.3 is 0 Å². The smallest absolute Gasteiger partial charge is 0.0866 e. The van der Waals surface area contributed by atoms with Crippen LogP contribution in [0.15, 0.2) is 24.3 Å². The molecule has 0 aliphatic carbocycles. The van der Waals surface area contributed by atoms with Crippen LogP contribution < -0.4 is 0 Å². The van der Waals surface area contributed by atoms with Crippen molar-refractivity contribution in [2.24, 2.45) is 0 Å². The van der Waals surface area contributed by atoms with Gasteiger partial charge in [-0.2, -0.15) is 0 Å². The molecule has 0 radical (unpaired) electrons. The lowest BCUT2D eigenvalue weighted by Gasteiger charge is -2.22. The molecule has 0 bridgehead atoms. The van der Waals surface area contributed by atoms with Gasteiger partial charge in [0, 0.05) is 0 Å². The fourth-order valence-electron chi connectivity index (χ4n) is 1.33. The summed E-state index contributed by atoms with van der Waals surface area (Å²) in [5.41, 5.74) is 1.63. The highest BCUT2D eigenvalue weighted by Gasteiger charge is 2.19. The summed E-state index contributed by atoms with van der Waals surface area (Å²) >= 11 is 0. The molecule has 1 unspecified atom stereocenters. The molecule has 0 fully saturated rings. The Kier molecular flexibility index (Phi) is 3.10. The third-order valence-corrected chi connectivity index (χ3v) is 2.65. The van der Waals surface area contributed by atoms with Gasteiger partial charge in [-0.15, -0.1) is 0 Å². The minimum atomic E-state index is -0.675. The van der Waals surface area contributed by atoms with E-state index in [2.05, 4.69) is 19.1 Å². The second-order valence-corrected chi connectivity index (χ2v) is 3.68. The van der Waals surface area contributed by atoms with Crippen molar-refractivity contribution in [2.45, 2.75) is 39.2 Å². The van der Waals surface area contributed by atoms with Crippen molar-refractivity contribution in [3.05, 3.63) is 35.4 Å². The second-order valence-electron chi connectivity index (χ2n) is 3.68. The molecule has 0 spiro atoms. The van der Waals surface area contributed by atoms with E-state index in [1.165, 1.54) is 5.56 Å². The van der Waals surface area contributed by atoms with Crippen LogP contribution in [-0.4, -0.2) is 5.11 Å². The number of benzene rings is 1. The molecular formula is C12H18O. The Hall–Kier alpha value is -0.820. The van der Waals surface area contributed by atoms with Crippen molar-refractivity contribution in [3.8, 4) is 0 Å². The predicted octanol–water partition coefficient (Wildman–Crippen LogP) is 2.87. The summed E-state index contributed by atoms with van der Waals surface area (Å²) in [6.07, 6.45) is 1.77. The van der Waals surface area contributed by atoms with E-state index < -0.39 is 5.60 Å². The first-order valence-electron chi connectivity index (χ1n) is 4.92. The van der Waals surface area contributed by atoms with E-state index in [0.29, 0.717) is 0 Å². The van der Waals surface area contributed by atoms with Gasteiger partial charge in [0.15, 0.2) is 0 Å². The zero-order valence-electron chi connectivity index (χ0n) is 8.67. The van der Waals surface area contributed by atoms with Crippen molar-refractivity contribution in [1.82, 2.24) is 0 Å². The van der Waals surface area contributed by atoms with Gasteiger partial charge < -0.3 is 5.11 Å². The topological polar surface area (TPSA) is 20.2 Å². The maximum Gasteiger partial charge on any atom is 0.0866 e. The molecule has 0 saturated carbocycles. The average molecular weight is 178 g/mol. The van der Waals surface area contributed by atoms with Gasteiger partial charge in [-0.05, 0) is 30.9 Å². The van der Waals surface area contributed by atoms with E-state index in [1.54, 1.807) is 0 Å². The lowest BCUT2D eigenvalue weighted by molar-refractivity contribution is 0.0530. The molecule has 1 atom stereocenters. The van der Waals surface area contributed by atoms with Crippen molar-refractivity contribution in [3.63, 3.8) is 0 Å². The normalized spacial score (nSPS) is 15.4. The number of hydrogen-bond donors (Lipinski definition) is 1. The molecule has 0 aromatic heterocycles. The lowest BCUT2D eigenvalue weighted by Crippen LogP contribution is -2.19. The predicted molar refractivity (Wildman–Crippen MR) is 55.7 cm³/mol. The summed E-state index contributed by atoms with van der Waals surface area (Å²) in [7, 11) is 0. The molecule has 1 rings (SSSR count). The number of aryl methyl sites for hydroxylation is 1. The van der Waals surface area contributed by atoms with E-state index in [9.17, 15) is 5.11 Å². The van der Waals surface area contributed by atoms with Crippen molar-refractivity contribution in [1.29, 1.82) is 0 Å². The molecule has 0 heterocycles. The largest absolute Gasteiger partial charge is 0.385 e. The first-order chi connectivity index (χ1) is 6.10. The van der Waals surface area contributed by atoms with Gasteiger partial charge in [-0.3, -0.25) is 0 Å². The maximum atomic E-state index is 10.0. The fourth-order valence-corrected chi connectivity index (χ4v) is 1.33. The summed E-state index contributed by atoms with van der Waals surface area (Å²) in [6.45, 7) is 5.99. The van der Waals surface area contributed by atoms with Crippen LogP contribution in [-0.2, 0) is 12.0 Å². The van der Waals surface area contributed by atoms with E-state index in [0.717, 1.165) is 18.4 Å². The van der Waals surface area contributed by atoms with Crippen LogP contribution in [0.5, 0.6) is 0 Å². The Morgan fingerprint density at radius 1 is 1.31 bits per heavy atom. The number of aliphatic hydroxyl groups is 1. The highest BCUT2D eigenvalue weighted by atomic mass is 16.3. The molecule has 1 nitrogen and oxygen atoms in total. The van der Waals surface area contributed by atoms with Crippen LogP contribution in [0.3, 0.4) is 0 Å². The molecule has 0 aliphatic rings. The monoisotopic (exact) mass is 178 g/mol. The van der Waals surface area contributed by atoms with Gasteiger partial charge in [-0.1, -0.05) is 38.1 Å². The van der Waals surface area contributed by atoms with Crippen molar-refractivity contribution in [2.75, 3.05) is 0 Å². The molecule has 0 aliphatic heterocycles. The molecule has 13 heavy (non-hydrogen) atoms. The highest BCUT2D eigenvalue weighted by Crippen LogP contribution is 2.24. The molecule has 1 heteroatoms. The summed E-state index contributed by atoms with van der Waals surface area (Å²) in [4.78, 5) is 0. The second kappa shape index (κ2) is 3.93. The van der Waals surface area contributed by atoms with Crippen LogP contribution in [0.2, 0.25) is 0 Å². The number of rotatable bonds is 3. The minimum absolute atomic E-state index is 0.675. The summed E-state index contributed by atoms with van der Waals surface area (Å²) in [5.74, 6) is 0. The number of hydrogen-bond acceptors (Lipinski definition) is 1. The van der Waals surface area contributed by atoms with E-state index >= 15 is 0 Å². The Morgan fingerprint density at radius 2 is 2.00 bits per heavy atom. The SMILES string of the molecule is CCc1cccc(C(C)(O)CC)c1. The van der Waals surface area contributed by atoms with Gasteiger partial charge in [0.05, 0.1) is 5.60 Å². The first kappa shape index (κ1) is 10.3. The highest BCUT2D eigenvalue weighted by molar-refractivity contribution is 5.27. The molecule has 72 valence electrons. The molecule has 1 N–H and O–H groups in total. The Bertz CT molecular complexity index is 276. The molecular weight excluding hydrogens is 160 g/mol. The summed E-state index contributed by atoms with van der Waals surface area (Å²) in [6, 6.07) is 8.18. The summed E-state index contributed by atoms with van der Waals surface area (Å²) < 4.78 is 0. The maximum absolute atomic E-state index is 10.0. The lowest BCUT2D eigenvalue weighted by atomic mass is 9.92. The third-order valence-electron chi connectivity index (χ3n) is 2.65. The first-order valence-corrected chi connectivity index (χ1v) is 4.92. The Labute approximate surface area is 80.4 Å². The van der Waals surface area contributed by atoms with Crippen LogP contribution in [0.4, 0.5) is 0 Å². The van der Waals surface area contributed by atoms with Crippen LogP contribution in [0, 0.1) is 0 Å². The van der Waals surface area contributed by atoms with Gasteiger partial charge in [0.2, 0.25) is 0 Å². The standard InChI is InChI=1S/C12H18O/c1-4-10-7-6-8-11(9-10)12(3,13)5-2/h6-9,13H,4-5H2,1-3H3. The Balaban J connectivity index is 3.01. The van der Waals surface area contributed by atoms with Crippen LogP contribution >= 0.6 is 0 Å². The Morgan fingerprint density at radius 3 is 2.54 bits per heavy atom. The van der Waals surface area contributed by atoms with Crippen LogP contribution in [0.25, 0.3) is 0 Å².